The van der Waals surface area contributed by atoms with Crippen LogP contribution in [-0.4, -0.2) is 6.54 Å². The van der Waals surface area contributed by atoms with Crippen LogP contribution in [-0.2, 0) is 6.42 Å². The number of anilines is 1. The Morgan fingerprint density at radius 3 is 2.67 bits per heavy atom. The van der Waals surface area contributed by atoms with Crippen LogP contribution in [0.2, 0.25) is 0 Å². The number of hydrogen-bond donors (Lipinski definition) is 1. The van der Waals surface area contributed by atoms with Gasteiger partial charge >= 0.3 is 0 Å². The molecular weight excluding hydrogens is 182 g/mol. The molecule has 1 atom stereocenters. The van der Waals surface area contributed by atoms with Gasteiger partial charge in [-0.1, -0.05) is 43.9 Å². The Bertz CT molecular complexity index is 339. The van der Waals surface area contributed by atoms with Crippen LogP contribution in [0, 0.1) is 11.8 Å². The van der Waals surface area contributed by atoms with Crippen molar-refractivity contribution in [2.45, 2.75) is 32.1 Å². The summed E-state index contributed by atoms with van der Waals surface area (Å²) in [4.78, 5) is 0. The predicted octanol–water partition coefficient (Wildman–Crippen LogP) is 3.46. The van der Waals surface area contributed by atoms with E-state index >= 15 is 0 Å². The number of para-hydroxylation sites is 1. The summed E-state index contributed by atoms with van der Waals surface area (Å²) in [6.45, 7) is 1.20. The van der Waals surface area contributed by atoms with Gasteiger partial charge in [0.05, 0.1) is 0 Å². The molecule has 1 aliphatic heterocycles. The fourth-order valence-corrected chi connectivity index (χ4v) is 3.23. The maximum absolute atomic E-state index is 3.59. The van der Waals surface area contributed by atoms with E-state index in [0.717, 1.165) is 11.8 Å². The van der Waals surface area contributed by atoms with Gasteiger partial charge in [0.25, 0.3) is 0 Å². The second-order valence-electron chi connectivity index (χ2n) is 5.05. The second kappa shape index (κ2) is 3.88. The molecule has 1 aliphatic carbocycles. The predicted molar refractivity (Wildman–Crippen MR) is 64.1 cm³/mol. The van der Waals surface area contributed by atoms with Crippen molar-refractivity contribution < 1.29 is 0 Å². The highest BCUT2D eigenvalue weighted by Crippen LogP contribution is 2.36. The van der Waals surface area contributed by atoms with Crippen LogP contribution in [0.5, 0.6) is 0 Å². The molecule has 0 saturated heterocycles. The van der Waals surface area contributed by atoms with E-state index in [0.29, 0.717) is 0 Å². The van der Waals surface area contributed by atoms with Crippen molar-refractivity contribution in [1.29, 1.82) is 0 Å². The molecule has 1 N–H and O–H groups in total. The highest BCUT2D eigenvalue weighted by Gasteiger charge is 2.27. The Labute approximate surface area is 91.9 Å². The third-order valence-electron chi connectivity index (χ3n) is 4.12. The summed E-state index contributed by atoms with van der Waals surface area (Å²) < 4.78 is 0. The number of nitrogens with one attached hydrogen (secondary N) is 1. The van der Waals surface area contributed by atoms with Crippen LogP contribution in [0.3, 0.4) is 0 Å². The largest absolute Gasteiger partial charge is 0.385 e. The number of fused-ring (bicyclic) bond motifs is 1. The van der Waals surface area contributed by atoms with Gasteiger partial charge in [0.2, 0.25) is 0 Å². The van der Waals surface area contributed by atoms with Gasteiger partial charge in [0, 0.05) is 12.2 Å². The molecule has 15 heavy (non-hydrogen) atoms. The summed E-state index contributed by atoms with van der Waals surface area (Å²) in [5.41, 5.74) is 2.90. The van der Waals surface area contributed by atoms with E-state index in [1.54, 1.807) is 0 Å². The SMILES string of the molecule is c1ccc2c(c1)CC(C1CCCC1)CN2. The van der Waals surface area contributed by atoms with Crippen molar-refractivity contribution in [3.63, 3.8) is 0 Å². The quantitative estimate of drug-likeness (QED) is 0.733. The fourth-order valence-electron chi connectivity index (χ4n) is 3.23. The van der Waals surface area contributed by atoms with Gasteiger partial charge < -0.3 is 5.32 Å². The number of rotatable bonds is 1. The van der Waals surface area contributed by atoms with Crippen molar-refractivity contribution in [2.75, 3.05) is 11.9 Å². The molecule has 1 heteroatoms. The smallest absolute Gasteiger partial charge is 0.0372 e. The van der Waals surface area contributed by atoms with Gasteiger partial charge in [0.15, 0.2) is 0 Å². The number of benzene rings is 1. The zero-order valence-corrected chi connectivity index (χ0v) is 9.21. The summed E-state index contributed by atoms with van der Waals surface area (Å²) in [5.74, 6) is 1.88. The lowest BCUT2D eigenvalue weighted by molar-refractivity contribution is 0.346. The molecule has 0 radical (unpaired) electrons. The molecule has 80 valence electrons. The Kier molecular flexibility index (Phi) is 2.40. The minimum Gasteiger partial charge on any atom is -0.385 e. The van der Waals surface area contributed by atoms with Gasteiger partial charge in [-0.3, -0.25) is 0 Å². The van der Waals surface area contributed by atoms with Crippen molar-refractivity contribution in [3.8, 4) is 0 Å². The summed E-state index contributed by atoms with van der Waals surface area (Å²) in [6.07, 6.45) is 7.16. The molecule has 1 nitrogen and oxygen atoms in total. The van der Waals surface area contributed by atoms with Crippen LogP contribution in [0.25, 0.3) is 0 Å². The topological polar surface area (TPSA) is 12.0 Å². The van der Waals surface area contributed by atoms with Crippen LogP contribution in [0.15, 0.2) is 24.3 Å². The first-order valence-electron chi connectivity index (χ1n) is 6.25. The van der Waals surface area contributed by atoms with E-state index in [2.05, 4.69) is 29.6 Å². The Hall–Kier alpha value is -0.980. The van der Waals surface area contributed by atoms with E-state index in [1.165, 1.54) is 49.9 Å². The lowest BCUT2D eigenvalue weighted by Gasteiger charge is -2.30. The maximum Gasteiger partial charge on any atom is 0.0372 e. The Morgan fingerprint density at radius 1 is 1.00 bits per heavy atom. The van der Waals surface area contributed by atoms with E-state index in [1.807, 2.05) is 0 Å². The van der Waals surface area contributed by atoms with Gasteiger partial charge in [0.1, 0.15) is 0 Å². The Balaban J connectivity index is 1.76. The minimum absolute atomic E-state index is 0.891. The minimum atomic E-state index is 0.891. The van der Waals surface area contributed by atoms with Crippen LogP contribution in [0.1, 0.15) is 31.2 Å². The van der Waals surface area contributed by atoms with Crippen LogP contribution >= 0.6 is 0 Å². The second-order valence-corrected chi connectivity index (χ2v) is 5.05. The summed E-state index contributed by atoms with van der Waals surface area (Å²) in [6, 6.07) is 8.78. The molecule has 1 heterocycles. The molecule has 0 bridgehead atoms. The lowest BCUT2D eigenvalue weighted by atomic mass is 9.83. The van der Waals surface area contributed by atoms with Crippen molar-refractivity contribution >= 4 is 5.69 Å². The summed E-state index contributed by atoms with van der Waals surface area (Å²) in [7, 11) is 0. The summed E-state index contributed by atoms with van der Waals surface area (Å²) >= 11 is 0. The van der Waals surface area contributed by atoms with E-state index in [4.69, 9.17) is 0 Å². The third kappa shape index (κ3) is 1.75. The first-order valence-corrected chi connectivity index (χ1v) is 6.25. The average Bonchev–Trinajstić information content (AvgIpc) is 2.82. The van der Waals surface area contributed by atoms with Gasteiger partial charge in [-0.15, -0.1) is 0 Å². The van der Waals surface area contributed by atoms with E-state index in [-0.39, 0.29) is 0 Å². The highest BCUT2D eigenvalue weighted by molar-refractivity contribution is 5.53. The maximum atomic E-state index is 3.59. The van der Waals surface area contributed by atoms with Crippen LogP contribution < -0.4 is 5.32 Å². The van der Waals surface area contributed by atoms with Gasteiger partial charge in [-0.25, -0.2) is 0 Å². The van der Waals surface area contributed by atoms with Gasteiger partial charge in [-0.05, 0) is 29.9 Å². The monoisotopic (exact) mass is 201 g/mol. The van der Waals surface area contributed by atoms with E-state index in [9.17, 15) is 0 Å². The molecule has 1 saturated carbocycles. The zero-order valence-electron chi connectivity index (χ0n) is 9.21. The van der Waals surface area contributed by atoms with Crippen LogP contribution in [0.4, 0.5) is 5.69 Å². The van der Waals surface area contributed by atoms with Crippen molar-refractivity contribution in [2.24, 2.45) is 11.8 Å². The Morgan fingerprint density at radius 2 is 1.80 bits per heavy atom. The van der Waals surface area contributed by atoms with Gasteiger partial charge in [-0.2, -0.15) is 0 Å². The highest BCUT2D eigenvalue weighted by atomic mass is 14.9. The average molecular weight is 201 g/mol. The molecule has 1 aromatic rings. The molecule has 0 spiro atoms. The summed E-state index contributed by atoms with van der Waals surface area (Å²) in [5, 5.41) is 3.59. The normalized spacial score (nSPS) is 26.0. The molecule has 1 fully saturated rings. The molecule has 0 amide bonds. The first-order chi connectivity index (χ1) is 7.43. The fraction of sp³-hybridized carbons (Fsp3) is 0.571. The lowest BCUT2D eigenvalue weighted by Crippen LogP contribution is -2.28. The standard InChI is InChI=1S/C14H19N/c1-2-6-11(5-1)13-9-12-7-3-4-8-14(12)15-10-13/h3-4,7-8,11,13,15H,1-2,5-6,9-10H2. The van der Waals surface area contributed by atoms with Crippen molar-refractivity contribution in [1.82, 2.24) is 0 Å². The zero-order chi connectivity index (χ0) is 10.1. The molecular formula is C14H19N. The number of hydrogen-bond acceptors (Lipinski definition) is 1. The van der Waals surface area contributed by atoms with Crippen molar-refractivity contribution in [3.05, 3.63) is 29.8 Å². The molecule has 1 unspecified atom stereocenters. The molecule has 0 aromatic heterocycles. The molecule has 1 aromatic carbocycles. The first kappa shape index (κ1) is 9.26. The van der Waals surface area contributed by atoms with E-state index < -0.39 is 0 Å². The molecule has 3 rings (SSSR count). The third-order valence-corrected chi connectivity index (χ3v) is 4.12. The molecule has 2 aliphatic rings.